The van der Waals surface area contributed by atoms with Crippen LogP contribution in [0.3, 0.4) is 0 Å². The Hall–Kier alpha value is -0.400. The predicted octanol–water partition coefficient (Wildman–Crippen LogP) is 3.01. The van der Waals surface area contributed by atoms with Gasteiger partial charge >= 0.3 is 0 Å². The summed E-state index contributed by atoms with van der Waals surface area (Å²) in [6.07, 6.45) is 1.63. The minimum absolute atomic E-state index is 0.0601. The summed E-state index contributed by atoms with van der Waals surface area (Å²) in [5.74, 6) is 0.0457. The molecule has 1 aliphatic heterocycles. The lowest BCUT2D eigenvalue weighted by molar-refractivity contribution is -0.129. The molecule has 2 rings (SSSR count). The topological polar surface area (TPSA) is 49.4 Å². The van der Waals surface area contributed by atoms with E-state index in [1.54, 1.807) is 6.92 Å². The smallest absolute Gasteiger partial charge is 0.253 e. The van der Waals surface area contributed by atoms with Crippen molar-refractivity contribution in [2.75, 3.05) is 13.1 Å². The van der Waals surface area contributed by atoms with Gasteiger partial charge in [0.15, 0.2) is 0 Å². The molecule has 19 heavy (non-hydrogen) atoms. The lowest BCUT2D eigenvalue weighted by Gasteiger charge is -2.31. The Bertz CT molecular complexity index is 496. The zero-order valence-electron chi connectivity index (χ0n) is 10.4. The van der Waals surface area contributed by atoms with E-state index in [0.29, 0.717) is 5.56 Å². The van der Waals surface area contributed by atoms with Gasteiger partial charge in [-0.25, -0.2) is 0 Å². The Morgan fingerprint density at radius 1 is 1.37 bits per heavy atom. The normalized spacial score (nSPS) is 16.5. The molecule has 2 heterocycles. The van der Waals surface area contributed by atoms with Crippen LogP contribution in [-0.2, 0) is 4.79 Å². The number of likely N-dealkylation sites (tertiary alicyclic amines) is 1. The molecule has 0 bridgehead atoms. The number of carbonyl (C=O) groups excluding carboxylic acids is 2. The summed E-state index contributed by atoms with van der Waals surface area (Å²) in [6.45, 7) is 3.02. The van der Waals surface area contributed by atoms with E-state index in [0.717, 1.165) is 33.5 Å². The zero-order valence-corrected chi connectivity index (χ0v) is 14.4. The quantitative estimate of drug-likeness (QED) is 0.816. The van der Waals surface area contributed by atoms with E-state index in [1.165, 1.54) is 11.3 Å². The van der Waals surface area contributed by atoms with E-state index >= 15 is 0 Å². The summed E-state index contributed by atoms with van der Waals surface area (Å²) < 4.78 is 1.76. The highest BCUT2D eigenvalue weighted by Gasteiger charge is 2.23. The summed E-state index contributed by atoms with van der Waals surface area (Å²) in [6, 6.07) is 1.96. The number of carbonyl (C=O) groups is 2. The molecule has 0 saturated carbocycles. The molecule has 0 radical (unpaired) electrons. The summed E-state index contributed by atoms with van der Waals surface area (Å²) in [5, 5.41) is 3.03. The molecule has 1 fully saturated rings. The van der Waals surface area contributed by atoms with Gasteiger partial charge in [0.25, 0.3) is 5.91 Å². The summed E-state index contributed by atoms with van der Waals surface area (Å²) in [4.78, 5) is 25.2. The van der Waals surface area contributed by atoms with Gasteiger partial charge in [0.05, 0.1) is 13.1 Å². The number of hydrogen-bond donors (Lipinski definition) is 1. The van der Waals surface area contributed by atoms with Crippen LogP contribution in [-0.4, -0.2) is 35.8 Å². The van der Waals surface area contributed by atoms with E-state index < -0.39 is 0 Å². The standard InChI is InChI=1S/C12H14Br2N2O2S/c1-7(17)16-4-2-8(3-5-16)15-12(18)9-6-10(13)19-11(9)14/h6,8H,2-5H2,1H3,(H,15,18). The number of halogens is 2. The van der Waals surface area contributed by atoms with Crippen LogP contribution in [0.2, 0.25) is 0 Å². The minimum atomic E-state index is -0.0601. The monoisotopic (exact) mass is 408 g/mol. The van der Waals surface area contributed by atoms with Crippen molar-refractivity contribution in [3.05, 3.63) is 19.2 Å². The first-order valence-electron chi connectivity index (χ1n) is 5.98. The Morgan fingerprint density at radius 2 is 2.00 bits per heavy atom. The van der Waals surface area contributed by atoms with Crippen LogP contribution < -0.4 is 5.32 Å². The first-order chi connectivity index (χ1) is 8.97. The zero-order chi connectivity index (χ0) is 14.0. The maximum atomic E-state index is 12.1. The van der Waals surface area contributed by atoms with E-state index in [-0.39, 0.29) is 17.9 Å². The Morgan fingerprint density at radius 3 is 2.47 bits per heavy atom. The molecule has 0 aliphatic carbocycles. The molecule has 0 aromatic carbocycles. The third kappa shape index (κ3) is 3.79. The lowest BCUT2D eigenvalue weighted by Crippen LogP contribution is -2.45. The third-order valence-electron chi connectivity index (χ3n) is 3.18. The fraction of sp³-hybridized carbons (Fsp3) is 0.500. The largest absolute Gasteiger partial charge is 0.349 e. The van der Waals surface area contributed by atoms with Crippen LogP contribution in [0, 0.1) is 0 Å². The van der Waals surface area contributed by atoms with Crippen molar-refractivity contribution in [2.45, 2.75) is 25.8 Å². The van der Waals surface area contributed by atoms with Gasteiger partial charge in [0.1, 0.15) is 0 Å². The number of amides is 2. The van der Waals surface area contributed by atoms with Gasteiger partial charge in [0, 0.05) is 26.1 Å². The van der Waals surface area contributed by atoms with E-state index in [4.69, 9.17) is 0 Å². The average molecular weight is 410 g/mol. The van der Waals surface area contributed by atoms with Crippen LogP contribution >= 0.6 is 43.2 Å². The van der Waals surface area contributed by atoms with Crippen molar-refractivity contribution in [1.82, 2.24) is 10.2 Å². The molecule has 1 aromatic heterocycles. The molecular formula is C12H14Br2N2O2S. The molecule has 1 saturated heterocycles. The lowest BCUT2D eigenvalue weighted by atomic mass is 10.0. The van der Waals surface area contributed by atoms with E-state index in [1.807, 2.05) is 11.0 Å². The van der Waals surface area contributed by atoms with E-state index in [2.05, 4.69) is 37.2 Å². The van der Waals surface area contributed by atoms with Crippen molar-refractivity contribution < 1.29 is 9.59 Å². The van der Waals surface area contributed by atoms with Gasteiger partial charge < -0.3 is 10.2 Å². The van der Waals surface area contributed by atoms with Crippen molar-refractivity contribution in [3.63, 3.8) is 0 Å². The van der Waals surface area contributed by atoms with Crippen molar-refractivity contribution in [1.29, 1.82) is 0 Å². The molecule has 1 aliphatic rings. The van der Waals surface area contributed by atoms with E-state index in [9.17, 15) is 9.59 Å². The highest BCUT2D eigenvalue weighted by atomic mass is 79.9. The fourth-order valence-corrected chi connectivity index (χ4v) is 4.89. The SMILES string of the molecule is CC(=O)N1CCC(NC(=O)c2cc(Br)sc2Br)CC1. The molecule has 1 N–H and O–H groups in total. The molecule has 1 aromatic rings. The van der Waals surface area contributed by atoms with Gasteiger partial charge in [-0.05, 0) is 50.8 Å². The maximum absolute atomic E-state index is 12.1. The molecule has 0 spiro atoms. The Balaban J connectivity index is 1.91. The number of piperidine rings is 1. The van der Waals surface area contributed by atoms with Crippen molar-refractivity contribution >= 4 is 55.0 Å². The number of rotatable bonds is 2. The van der Waals surface area contributed by atoms with Crippen LogP contribution in [0.25, 0.3) is 0 Å². The number of thiophene rings is 1. The summed E-state index contributed by atoms with van der Waals surface area (Å²) >= 11 is 8.23. The second-order valence-electron chi connectivity index (χ2n) is 4.49. The first kappa shape index (κ1) is 15.0. The van der Waals surface area contributed by atoms with Crippen molar-refractivity contribution in [3.8, 4) is 0 Å². The van der Waals surface area contributed by atoms with Gasteiger partial charge in [-0.15, -0.1) is 11.3 Å². The molecular weight excluding hydrogens is 396 g/mol. The average Bonchev–Trinajstić information content (AvgIpc) is 2.69. The molecule has 0 atom stereocenters. The maximum Gasteiger partial charge on any atom is 0.253 e. The molecule has 4 nitrogen and oxygen atoms in total. The predicted molar refractivity (Wildman–Crippen MR) is 82.5 cm³/mol. The highest BCUT2D eigenvalue weighted by molar-refractivity contribution is 9.12. The van der Waals surface area contributed by atoms with Gasteiger partial charge in [-0.2, -0.15) is 0 Å². The number of nitrogens with zero attached hydrogens (tertiary/aromatic N) is 1. The minimum Gasteiger partial charge on any atom is -0.349 e. The molecule has 104 valence electrons. The third-order valence-corrected chi connectivity index (χ3v) is 5.52. The van der Waals surface area contributed by atoms with Gasteiger partial charge in [0.2, 0.25) is 5.91 Å². The van der Waals surface area contributed by atoms with Crippen LogP contribution in [0.1, 0.15) is 30.1 Å². The summed E-state index contributed by atoms with van der Waals surface area (Å²) in [7, 11) is 0. The van der Waals surface area contributed by atoms with Crippen LogP contribution in [0.4, 0.5) is 0 Å². The van der Waals surface area contributed by atoms with Gasteiger partial charge in [-0.3, -0.25) is 9.59 Å². The van der Waals surface area contributed by atoms with Crippen molar-refractivity contribution in [2.24, 2.45) is 0 Å². The molecule has 2 amide bonds. The van der Waals surface area contributed by atoms with Gasteiger partial charge in [-0.1, -0.05) is 0 Å². The number of nitrogens with one attached hydrogen (secondary N) is 1. The first-order valence-corrected chi connectivity index (χ1v) is 8.39. The molecule has 7 heteroatoms. The summed E-state index contributed by atoms with van der Waals surface area (Å²) in [5.41, 5.74) is 0.658. The second kappa shape index (κ2) is 6.37. The van der Waals surface area contributed by atoms with Crippen LogP contribution in [0.5, 0.6) is 0 Å². The molecule has 0 unspecified atom stereocenters. The highest BCUT2D eigenvalue weighted by Crippen LogP contribution is 2.31. The second-order valence-corrected chi connectivity index (χ2v) is 8.24. The fourth-order valence-electron chi connectivity index (χ4n) is 2.10. The number of hydrogen-bond acceptors (Lipinski definition) is 3. The Kier molecular flexibility index (Phi) is 5.03. The van der Waals surface area contributed by atoms with Crippen LogP contribution in [0.15, 0.2) is 13.6 Å². The Labute approximate surface area is 132 Å².